The van der Waals surface area contributed by atoms with Gasteiger partial charge in [0.25, 0.3) is 5.91 Å². The van der Waals surface area contributed by atoms with E-state index in [2.05, 4.69) is 71.7 Å². The number of nitrogens with zero attached hydrogens (tertiary/aromatic N) is 6. The van der Waals surface area contributed by atoms with Gasteiger partial charge < -0.3 is 15.4 Å². The van der Waals surface area contributed by atoms with Crippen LogP contribution in [0.3, 0.4) is 0 Å². The summed E-state index contributed by atoms with van der Waals surface area (Å²) in [6.45, 7) is 12.8. The molecule has 2 N–H and O–H groups in total. The van der Waals surface area contributed by atoms with Gasteiger partial charge in [-0.2, -0.15) is 0 Å². The minimum Gasteiger partial charge on any atom is -0.494 e. The fraction of sp³-hybridized carbons (Fsp3) is 0.390. The quantitative estimate of drug-likeness (QED) is 0.118. The number of carbonyl (C=O) groups is 1. The van der Waals surface area contributed by atoms with Gasteiger partial charge in [-0.25, -0.2) is 19.9 Å². The number of hydrogen-bond acceptors (Lipinski definition) is 7. The van der Waals surface area contributed by atoms with Crippen LogP contribution < -0.4 is 15.4 Å². The Bertz CT molecular complexity index is 2180. The molecule has 10 heteroatoms. The van der Waals surface area contributed by atoms with Crippen molar-refractivity contribution in [1.29, 1.82) is 0 Å². The number of aryl methyl sites for hydroxylation is 5. The Balaban J connectivity index is 0.986. The number of aromatic nitrogens is 6. The number of fused-ring (bicyclic) bond motifs is 3. The molecular weight excluding hydrogens is 637 g/mol. The summed E-state index contributed by atoms with van der Waals surface area (Å²) in [6.07, 6.45) is 8.20. The van der Waals surface area contributed by atoms with Gasteiger partial charge in [-0.1, -0.05) is 50.1 Å². The third kappa shape index (κ3) is 7.51. The molecule has 1 amide bonds. The summed E-state index contributed by atoms with van der Waals surface area (Å²) >= 11 is 0. The SMILES string of the molecule is CCCCCOc1ccc(CNC(=O)c2nc(C)n3c(C)cc(CC4CCc5cc(CNCc6ncn7c(C)cc(C)nc67)ccc54)nc23)cc1. The summed E-state index contributed by atoms with van der Waals surface area (Å²) in [7, 11) is 0. The van der Waals surface area contributed by atoms with Crippen LogP contribution in [-0.2, 0) is 32.5 Å². The molecule has 264 valence electrons. The van der Waals surface area contributed by atoms with Gasteiger partial charge in [0, 0.05) is 42.4 Å². The molecule has 0 fully saturated rings. The molecule has 0 spiro atoms. The van der Waals surface area contributed by atoms with Gasteiger partial charge in [-0.05, 0) is 106 Å². The summed E-state index contributed by atoms with van der Waals surface area (Å²) in [5.41, 5.74) is 12.1. The molecule has 0 saturated carbocycles. The molecule has 0 radical (unpaired) electrons. The summed E-state index contributed by atoms with van der Waals surface area (Å²) in [5, 5.41) is 6.63. The molecule has 0 saturated heterocycles. The number of amides is 1. The highest BCUT2D eigenvalue weighted by Crippen LogP contribution is 2.36. The van der Waals surface area contributed by atoms with Crippen molar-refractivity contribution in [2.75, 3.05) is 6.61 Å². The smallest absolute Gasteiger partial charge is 0.274 e. The van der Waals surface area contributed by atoms with Gasteiger partial charge in [0.05, 0.1) is 12.3 Å². The van der Waals surface area contributed by atoms with Gasteiger partial charge >= 0.3 is 0 Å². The fourth-order valence-corrected chi connectivity index (χ4v) is 7.40. The van der Waals surface area contributed by atoms with Crippen molar-refractivity contribution >= 4 is 17.2 Å². The molecular formula is C41H48N8O2. The minimum absolute atomic E-state index is 0.223. The molecule has 1 aliphatic carbocycles. The van der Waals surface area contributed by atoms with Crippen LogP contribution in [0.2, 0.25) is 0 Å². The summed E-state index contributed by atoms with van der Waals surface area (Å²) in [6, 6.07) is 19.0. The first-order valence-corrected chi connectivity index (χ1v) is 18.3. The number of benzene rings is 2. The number of nitrogens with one attached hydrogen (secondary N) is 2. The second-order valence-electron chi connectivity index (χ2n) is 13.9. The third-order valence-corrected chi connectivity index (χ3v) is 9.99. The van der Waals surface area contributed by atoms with Crippen molar-refractivity contribution in [3.05, 3.63) is 123 Å². The normalized spacial score (nSPS) is 14.0. The Labute approximate surface area is 299 Å². The fourth-order valence-electron chi connectivity index (χ4n) is 7.40. The summed E-state index contributed by atoms with van der Waals surface area (Å²) < 4.78 is 9.86. The monoisotopic (exact) mass is 684 g/mol. The van der Waals surface area contributed by atoms with Gasteiger partial charge in [0.15, 0.2) is 17.0 Å². The maximum Gasteiger partial charge on any atom is 0.274 e. The van der Waals surface area contributed by atoms with E-state index in [-0.39, 0.29) is 5.91 Å². The molecule has 2 aromatic carbocycles. The van der Waals surface area contributed by atoms with Crippen LogP contribution in [0.5, 0.6) is 5.75 Å². The number of hydrogen-bond donors (Lipinski definition) is 2. The second kappa shape index (κ2) is 15.0. The number of carbonyl (C=O) groups excluding carboxylic acids is 1. The molecule has 1 unspecified atom stereocenters. The lowest BCUT2D eigenvalue weighted by molar-refractivity contribution is 0.0947. The van der Waals surface area contributed by atoms with Gasteiger partial charge in [0.2, 0.25) is 0 Å². The molecule has 4 heterocycles. The molecule has 51 heavy (non-hydrogen) atoms. The van der Waals surface area contributed by atoms with Gasteiger partial charge in [0.1, 0.15) is 17.9 Å². The van der Waals surface area contributed by atoms with Crippen molar-refractivity contribution in [2.24, 2.45) is 0 Å². The molecule has 6 aromatic rings. The predicted molar refractivity (Wildman–Crippen MR) is 199 cm³/mol. The summed E-state index contributed by atoms with van der Waals surface area (Å²) in [5.74, 6) is 1.77. The number of ether oxygens (including phenoxy) is 1. The van der Waals surface area contributed by atoms with Crippen molar-refractivity contribution in [3.8, 4) is 5.75 Å². The Morgan fingerprint density at radius 1 is 0.882 bits per heavy atom. The maximum absolute atomic E-state index is 13.4. The molecule has 0 bridgehead atoms. The standard InChI is InChI=1S/C41H48N8O2/c1-6-7-8-17-51-35-14-9-30(10-15-35)23-43-41(50)38-40-47-34(19-28(4)49(40)29(5)46-38)21-33-13-12-32-20-31(11-16-36(32)33)22-42-24-37-39-45-26(2)18-27(3)48(39)25-44-37/h9-11,14-16,18-20,25,33,42H,6-8,12-13,17,21-24H2,1-5H3,(H,43,50). The lowest BCUT2D eigenvalue weighted by Gasteiger charge is -2.14. The van der Waals surface area contributed by atoms with Crippen molar-refractivity contribution in [1.82, 2.24) is 39.4 Å². The number of imidazole rings is 2. The highest BCUT2D eigenvalue weighted by atomic mass is 16.5. The molecule has 4 aromatic heterocycles. The van der Waals surface area contributed by atoms with Crippen LogP contribution in [0.25, 0.3) is 11.3 Å². The lowest BCUT2D eigenvalue weighted by atomic mass is 9.95. The van der Waals surface area contributed by atoms with E-state index < -0.39 is 0 Å². The van der Waals surface area contributed by atoms with E-state index in [4.69, 9.17) is 14.7 Å². The zero-order chi connectivity index (χ0) is 35.5. The van der Waals surface area contributed by atoms with E-state index in [0.29, 0.717) is 30.3 Å². The first kappa shape index (κ1) is 34.4. The number of unbranched alkanes of at least 4 members (excludes halogenated alkanes) is 2. The van der Waals surface area contributed by atoms with Crippen LogP contribution in [0.4, 0.5) is 0 Å². The average molecular weight is 685 g/mol. The highest BCUT2D eigenvalue weighted by molar-refractivity contribution is 5.98. The third-order valence-electron chi connectivity index (χ3n) is 9.99. The van der Waals surface area contributed by atoms with Crippen molar-refractivity contribution in [3.63, 3.8) is 0 Å². The van der Waals surface area contributed by atoms with E-state index in [1.165, 1.54) is 29.5 Å². The Morgan fingerprint density at radius 3 is 2.53 bits per heavy atom. The minimum atomic E-state index is -0.223. The topological polar surface area (TPSA) is 111 Å². The van der Waals surface area contributed by atoms with E-state index in [1.807, 2.05) is 53.2 Å². The highest BCUT2D eigenvalue weighted by Gasteiger charge is 2.25. The van der Waals surface area contributed by atoms with Crippen LogP contribution in [0.15, 0.2) is 60.9 Å². The lowest BCUT2D eigenvalue weighted by Crippen LogP contribution is -2.23. The molecule has 10 nitrogen and oxygen atoms in total. The van der Waals surface area contributed by atoms with Crippen LogP contribution in [0.1, 0.15) is 106 Å². The van der Waals surface area contributed by atoms with Crippen molar-refractivity contribution < 1.29 is 9.53 Å². The van der Waals surface area contributed by atoms with Gasteiger partial charge in [-0.3, -0.25) is 13.6 Å². The first-order valence-electron chi connectivity index (χ1n) is 18.3. The van der Waals surface area contributed by atoms with E-state index in [9.17, 15) is 4.79 Å². The zero-order valence-corrected chi connectivity index (χ0v) is 30.4. The predicted octanol–water partition coefficient (Wildman–Crippen LogP) is 7.07. The van der Waals surface area contributed by atoms with Crippen LogP contribution in [-0.4, -0.2) is 41.3 Å². The molecule has 1 aliphatic rings. The summed E-state index contributed by atoms with van der Waals surface area (Å²) in [4.78, 5) is 32.5. The van der Waals surface area contributed by atoms with Gasteiger partial charge in [-0.15, -0.1) is 0 Å². The second-order valence-corrected chi connectivity index (χ2v) is 13.9. The Kier molecular flexibility index (Phi) is 10.1. The van der Waals surface area contributed by atoms with Crippen LogP contribution in [0, 0.1) is 27.7 Å². The first-order chi connectivity index (χ1) is 24.8. The largest absolute Gasteiger partial charge is 0.494 e. The Morgan fingerprint density at radius 2 is 1.71 bits per heavy atom. The zero-order valence-electron chi connectivity index (χ0n) is 30.4. The average Bonchev–Trinajstić information content (AvgIpc) is 3.81. The van der Waals surface area contributed by atoms with E-state index >= 15 is 0 Å². The molecule has 7 rings (SSSR count). The van der Waals surface area contributed by atoms with Crippen LogP contribution >= 0.6 is 0 Å². The Hall–Kier alpha value is -5.09. The molecule has 1 atom stereocenters. The van der Waals surface area contributed by atoms with Crippen molar-refractivity contribution in [2.45, 2.75) is 98.7 Å². The van der Waals surface area contributed by atoms with E-state index in [0.717, 1.165) is 90.1 Å². The van der Waals surface area contributed by atoms with E-state index in [1.54, 1.807) is 0 Å². The number of rotatable bonds is 14. The molecule has 0 aliphatic heterocycles. The maximum atomic E-state index is 13.4.